The normalized spacial score (nSPS) is 19.0. The summed E-state index contributed by atoms with van der Waals surface area (Å²) >= 11 is 1.00. The Labute approximate surface area is 162 Å². The van der Waals surface area contributed by atoms with Crippen molar-refractivity contribution in [3.63, 3.8) is 0 Å². The molecule has 0 bridgehead atoms. The highest BCUT2D eigenvalue weighted by molar-refractivity contribution is 8.14. The lowest BCUT2D eigenvalue weighted by molar-refractivity contribution is -0.132. The Bertz CT molecular complexity index is 847. The third kappa shape index (κ3) is 4.50. The number of hydrogen-bond donors (Lipinski definition) is 1. The molecule has 10 heteroatoms. The van der Waals surface area contributed by atoms with Crippen molar-refractivity contribution >= 4 is 38.8 Å². The van der Waals surface area contributed by atoms with Crippen molar-refractivity contribution in [2.45, 2.75) is 30.7 Å². The van der Waals surface area contributed by atoms with Gasteiger partial charge in [-0.05, 0) is 37.5 Å². The summed E-state index contributed by atoms with van der Waals surface area (Å²) in [6.45, 7) is 2.25. The molecule has 1 aromatic carbocycles. The highest BCUT2D eigenvalue weighted by atomic mass is 32.2. The van der Waals surface area contributed by atoms with Crippen LogP contribution in [0.5, 0.6) is 0 Å². The van der Waals surface area contributed by atoms with Crippen LogP contribution in [-0.2, 0) is 19.6 Å². The summed E-state index contributed by atoms with van der Waals surface area (Å²) in [4.78, 5) is 38.9. The van der Waals surface area contributed by atoms with Crippen LogP contribution < -0.4 is 4.72 Å². The zero-order valence-electron chi connectivity index (χ0n) is 14.9. The highest BCUT2D eigenvalue weighted by Crippen LogP contribution is 2.26. The predicted molar refractivity (Wildman–Crippen MR) is 101 cm³/mol. The molecule has 0 radical (unpaired) electrons. The summed E-state index contributed by atoms with van der Waals surface area (Å²) in [5, 5.41) is -0.226. The Hall–Kier alpha value is -1.91. The zero-order valence-corrected chi connectivity index (χ0v) is 16.5. The molecule has 2 fully saturated rings. The molecule has 0 aromatic heterocycles. The van der Waals surface area contributed by atoms with Crippen molar-refractivity contribution in [1.29, 1.82) is 0 Å². The maximum absolute atomic E-state index is 12.3. The lowest BCUT2D eigenvalue weighted by Crippen LogP contribution is -2.50. The molecule has 2 aliphatic heterocycles. The van der Waals surface area contributed by atoms with E-state index in [1.54, 1.807) is 30.0 Å². The first-order valence-corrected chi connectivity index (χ1v) is 11.1. The first-order valence-electron chi connectivity index (χ1n) is 8.61. The third-order valence-electron chi connectivity index (χ3n) is 4.68. The smallest absolute Gasteiger partial charge is 0.289 e. The number of likely N-dealkylation sites (tertiary alicyclic amines) is 1. The Morgan fingerprint density at radius 1 is 1.26 bits per heavy atom. The lowest BCUT2D eigenvalue weighted by atomic mass is 10.0. The quantitative estimate of drug-likeness (QED) is 0.774. The van der Waals surface area contributed by atoms with Gasteiger partial charge in [0.2, 0.25) is 21.8 Å². The molecule has 2 heterocycles. The molecule has 2 aliphatic rings. The van der Waals surface area contributed by atoms with Crippen LogP contribution in [0.2, 0.25) is 0 Å². The van der Waals surface area contributed by atoms with E-state index in [2.05, 4.69) is 4.72 Å². The number of rotatable bonds is 5. The van der Waals surface area contributed by atoms with Crippen molar-refractivity contribution in [2.75, 3.05) is 25.4 Å². The molecule has 1 N–H and O–H groups in total. The van der Waals surface area contributed by atoms with Gasteiger partial charge in [-0.3, -0.25) is 19.3 Å². The van der Waals surface area contributed by atoms with Gasteiger partial charge in [-0.2, -0.15) is 0 Å². The fourth-order valence-electron chi connectivity index (χ4n) is 3.22. The third-order valence-corrected chi connectivity index (χ3v) is 6.91. The Balaban J connectivity index is 1.52. The van der Waals surface area contributed by atoms with Gasteiger partial charge >= 0.3 is 0 Å². The van der Waals surface area contributed by atoms with E-state index in [1.165, 1.54) is 11.0 Å². The number of amides is 3. The van der Waals surface area contributed by atoms with Crippen LogP contribution in [0.25, 0.3) is 0 Å². The molecule has 146 valence electrons. The minimum absolute atomic E-state index is 0.123. The van der Waals surface area contributed by atoms with Crippen LogP contribution in [0, 0.1) is 6.92 Å². The number of nitrogens with zero attached hydrogens (tertiary/aromatic N) is 2. The Morgan fingerprint density at radius 3 is 2.56 bits per heavy atom. The number of nitrogens with one attached hydrogen (secondary N) is 1. The van der Waals surface area contributed by atoms with E-state index < -0.39 is 10.0 Å². The molecule has 0 saturated carbocycles. The first-order chi connectivity index (χ1) is 12.8. The van der Waals surface area contributed by atoms with E-state index in [0.29, 0.717) is 25.9 Å². The van der Waals surface area contributed by atoms with E-state index in [1.807, 2.05) is 0 Å². The first kappa shape index (κ1) is 19.8. The summed E-state index contributed by atoms with van der Waals surface area (Å²) in [6, 6.07) is 6.28. The molecule has 3 amide bonds. The summed E-state index contributed by atoms with van der Waals surface area (Å²) in [7, 11) is -3.75. The number of imide groups is 1. The fraction of sp³-hybridized carbons (Fsp3) is 0.471. The maximum Gasteiger partial charge on any atom is 0.289 e. The molecule has 0 unspecified atom stereocenters. The SMILES string of the molecule is Cc1cccc(S(=O)(=O)NCC(=O)N2CCC(N3C(=O)CSC3=O)CC2)c1. The second-order valence-electron chi connectivity index (χ2n) is 6.57. The van der Waals surface area contributed by atoms with Crippen LogP contribution in [0.3, 0.4) is 0 Å². The molecule has 1 aromatic rings. The number of carbonyl (C=O) groups excluding carboxylic acids is 3. The van der Waals surface area contributed by atoms with Crippen molar-refractivity contribution in [3.05, 3.63) is 29.8 Å². The molecule has 0 spiro atoms. The molecule has 2 saturated heterocycles. The second-order valence-corrected chi connectivity index (χ2v) is 9.26. The number of aryl methyl sites for hydroxylation is 1. The van der Waals surface area contributed by atoms with Gasteiger partial charge < -0.3 is 4.90 Å². The average Bonchev–Trinajstić information content (AvgIpc) is 2.98. The van der Waals surface area contributed by atoms with Crippen LogP contribution >= 0.6 is 11.8 Å². The maximum atomic E-state index is 12.3. The van der Waals surface area contributed by atoms with E-state index >= 15 is 0 Å². The van der Waals surface area contributed by atoms with Gasteiger partial charge in [0.05, 0.1) is 17.2 Å². The number of carbonyl (C=O) groups is 3. The van der Waals surface area contributed by atoms with Crippen LogP contribution in [0.1, 0.15) is 18.4 Å². The van der Waals surface area contributed by atoms with Crippen molar-refractivity contribution in [1.82, 2.24) is 14.5 Å². The predicted octanol–water partition coefficient (Wildman–Crippen LogP) is 0.960. The van der Waals surface area contributed by atoms with Gasteiger partial charge in [0.1, 0.15) is 0 Å². The minimum atomic E-state index is -3.75. The van der Waals surface area contributed by atoms with Gasteiger partial charge in [0.25, 0.3) is 5.24 Å². The van der Waals surface area contributed by atoms with Gasteiger partial charge in [-0.25, -0.2) is 13.1 Å². The van der Waals surface area contributed by atoms with Crippen LogP contribution in [-0.4, -0.2) is 66.7 Å². The van der Waals surface area contributed by atoms with Gasteiger partial charge in [0.15, 0.2) is 0 Å². The van der Waals surface area contributed by atoms with E-state index in [4.69, 9.17) is 0 Å². The van der Waals surface area contributed by atoms with E-state index in [0.717, 1.165) is 17.3 Å². The Kier molecular flexibility index (Phi) is 5.87. The molecule has 3 rings (SSSR count). The van der Waals surface area contributed by atoms with Crippen LogP contribution in [0.4, 0.5) is 4.79 Å². The van der Waals surface area contributed by atoms with Gasteiger partial charge in [0, 0.05) is 19.1 Å². The molecule has 27 heavy (non-hydrogen) atoms. The number of hydrogen-bond acceptors (Lipinski definition) is 6. The molecule has 0 aliphatic carbocycles. The summed E-state index contributed by atoms with van der Waals surface area (Å²) in [5.41, 5.74) is 0.815. The lowest BCUT2D eigenvalue weighted by Gasteiger charge is -2.35. The van der Waals surface area contributed by atoms with Gasteiger partial charge in [-0.1, -0.05) is 23.9 Å². The zero-order chi connectivity index (χ0) is 19.6. The Morgan fingerprint density at radius 2 is 1.96 bits per heavy atom. The number of sulfonamides is 1. The van der Waals surface area contributed by atoms with E-state index in [9.17, 15) is 22.8 Å². The molecule has 0 atom stereocenters. The van der Waals surface area contributed by atoms with Crippen molar-refractivity contribution in [3.8, 4) is 0 Å². The largest absolute Gasteiger partial charge is 0.341 e. The van der Waals surface area contributed by atoms with Crippen LogP contribution in [0.15, 0.2) is 29.2 Å². The second kappa shape index (κ2) is 7.99. The fourth-order valence-corrected chi connectivity index (χ4v) is 5.08. The molecular formula is C17H21N3O5S2. The van der Waals surface area contributed by atoms with Crippen molar-refractivity contribution in [2.24, 2.45) is 0 Å². The molecule has 8 nitrogen and oxygen atoms in total. The summed E-state index contributed by atoms with van der Waals surface area (Å²) in [6.07, 6.45) is 1.02. The standard InChI is InChI=1S/C17H21N3O5S2/c1-12-3-2-4-14(9-12)27(24,25)18-10-15(21)19-7-5-13(6-8-19)20-16(22)11-26-17(20)23/h2-4,9,13,18H,5-8,10-11H2,1H3. The minimum Gasteiger partial charge on any atom is -0.341 e. The summed E-state index contributed by atoms with van der Waals surface area (Å²) in [5.74, 6) is -0.322. The van der Waals surface area contributed by atoms with Crippen molar-refractivity contribution < 1.29 is 22.8 Å². The summed E-state index contributed by atoms with van der Waals surface area (Å²) < 4.78 is 26.9. The highest BCUT2D eigenvalue weighted by Gasteiger charge is 2.38. The number of piperidine rings is 1. The number of benzene rings is 1. The monoisotopic (exact) mass is 411 g/mol. The number of thioether (sulfide) groups is 1. The van der Waals surface area contributed by atoms with Gasteiger partial charge in [-0.15, -0.1) is 0 Å². The average molecular weight is 412 g/mol. The topological polar surface area (TPSA) is 104 Å². The van der Waals surface area contributed by atoms with E-state index in [-0.39, 0.29) is 40.3 Å². The molecular weight excluding hydrogens is 390 g/mol.